The lowest BCUT2D eigenvalue weighted by Crippen LogP contribution is -2.54. The number of hydrogen-bond donors (Lipinski definition) is 3. The van der Waals surface area contributed by atoms with E-state index in [-0.39, 0.29) is 13.0 Å². The van der Waals surface area contributed by atoms with Gasteiger partial charge in [-0.1, -0.05) is 38.5 Å². The molecular weight excluding hydrogens is 372 g/mol. The molecule has 3 rings (SSSR count). The average Bonchev–Trinajstić information content (AvgIpc) is 3.06. The number of nitrogens with zero attached hydrogens (tertiary/aromatic N) is 1. The predicted molar refractivity (Wildman–Crippen MR) is 112 cm³/mol. The third-order valence-corrected chi connectivity index (χ3v) is 5.99. The second-order valence-electron chi connectivity index (χ2n) is 9.69. The summed E-state index contributed by atoms with van der Waals surface area (Å²) in [7, 11) is 0. The van der Waals surface area contributed by atoms with Gasteiger partial charge in [0.15, 0.2) is 0 Å². The highest BCUT2D eigenvalue weighted by Gasteiger charge is 2.50. The fraction of sp³-hybridized carbons (Fsp3) is 0.909. The van der Waals surface area contributed by atoms with Gasteiger partial charge in [-0.25, -0.2) is 9.59 Å². The highest BCUT2D eigenvalue weighted by molar-refractivity contribution is 5.83. The van der Waals surface area contributed by atoms with Crippen LogP contribution in [0, 0.1) is 0 Å². The van der Waals surface area contributed by atoms with Crippen LogP contribution in [0.25, 0.3) is 0 Å². The Balaban J connectivity index is 0.000000211. The zero-order chi connectivity index (χ0) is 21.5. The van der Waals surface area contributed by atoms with Gasteiger partial charge in [-0.15, -0.1) is 0 Å². The standard InChI is InChI=1S/C12H23N.C10H17NO5/c1-3-7-11(8-4-1)13-12-9-5-2-6-10-12;1-9(2,3)16-8(14)11-6-4-5-10(11,15)7(12)13/h11-13H,1-10H2;15H,4-6H2,1-3H3,(H,12,13). The highest BCUT2D eigenvalue weighted by Crippen LogP contribution is 2.28. The first-order valence-electron chi connectivity index (χ1n) is 11.3. The molecule has 0 aromatic rings. The summed E-state index contributed by atoms with van der Waals surface area (Å²) >= 11 is 0. The maximum Gasteiger partial charge on any atom is 0.413 e. The Labute approximate surface area is 175 Å². The smallest absolute Gasteiger partial charge is 0.413 e. The summed E-state index contributed by atoms with van der Waals surface area (Å²) in [4.78, 5) is 23.4. The van der Waals surface area contributed by atoms with Crippen molar-refractivity contribution in [2.24, 2.45) is 0 Å². The van der Waals surface area contributed by atoms with Gasteiger partial charge in [0.1, 0.15) is 5.60 Å². The molecule has 1 atom stereocenters. The fourth-order valence-electron chi connectivity index (χ4n) is 4.46. The molecule has 1 heterocycles. The van der Waals surface area contributed by atoms with Gasteiger partial charge in [-0.3, -0.25) is 4.90 Å². The number of nitrogens with one attached hydrogen (secondary N) is 1. The minimum absolute atomic E-state index is 0.0293. The Hall–Kier alpha value is -1.34. The van der Waals surface area contributed by atoms with Crippen molar-refractivity contribution in [3.8, 4) is 0 Å². The number of ether oxygens (including phenoxy) is 1. The lowest BCUT2D eigenvalue weighted by molar-refractivity contribution is -0.174. The molecule has 0 aromatic carbocycles. The maximum absolute atomic E-state index is 11.7. The van der Waals surface area contributed by atoms with Gasteiger partial charge >= 0.3 is 12.1 Å². The number of carboxylic acids is 1. The maximum atomic E-state index is 11.7. The number of aliphatic carboxylic acids is 1. The molecule has 7 heteroatoms. The van der Waals surface area contributed by atoms with E-state index in [1.54, 1.807) is 20.8 Å². The van der Waals surface area contributed by atoms with Crippen molar-refractivity contribution in [3.63, 3.8) is 0 Å². The molecule has 1 aliphatic heterocycles. The van der Waals surface area contributed by atoms with Crippen molar-refractivity contribution in [1.82, 2.24) is 10.2 Å². The number of likely N-dealkylation sites (tertiary alicyclic amines) is 1. The molecule has 0 radical (unpaired) electrons. The summed E-state index contributed by atoms with van der Waals surface area (Å²) in [5.74, 6) is -1.42. The minimum atomic E-state index is -2.12. The van der Waals surface area contributed by atoms with Crippen molar-refractivity contribution in [1.29, 1.82) is 0 Å². The van der Waals surface area contributed by atoms with Crippen LogP contribution in [0.15, 0.2) is 0 Å². The molecule has 2 aliphatic carbocycles. The summed E-state index contributed by atoms with van der Waals surface area (Å²) in [5, 5.41) is 22.6. The van der Waals surface area contributed by atoms with Gasteiger partial charge in [0.2, 0.25) is 5.72 Å². The molecule has 3 aliphatic rings. The van der Waals surface area contributed by atoms with Crippen molar-refractivity contribution >= 4 is 12.1 Å². The Morgan fingerprint density at radius 1 is 0.931 bits per heavy atom. The van der Waals surface area contributed by atoms with Crippen LogP contribution in [0.2, 0.25) is 0 Å². The number of hydrogen-bond acceptors (Lipinski definition) is 5. The first-order chi connectivity index (χ1) is 13.6. The summed E-state index contributed by atoms with van der Waals surface area (Å²) in [5.41, 5.74) is -2.83. The lowest BCUT2D eigenvalue weighted by atomic mass is 9.91. The molecule has 0 aromatic heterocycles. The SMILES string of the molecule is C1CCC(NC2CCCCC2)CC1.CC(C)(C)OC(=O)N1CCCC1(O)C(=O)O. The van der Waals surface area contributed by atoms with Crippen LogP contribution < -0.4 is 5.32 Å². The molecule has 29 heavy (non-hydrogen) atoms. The van der Waals surface area contributed by atoms with Crippen LogP contribution in [0.4, 0.5) is 4.79 Å². The molecule has 3 fully saturated rings. The minimum Gasteiger partial charge on any atom is -0.478 e. The van der Waals surface area contributed by atoms with Crippen LogP contribution >= 0.6 is 0 Å². The summed E-state index contributed by atoms with van der Waals surface area (Å²) < 4.78 is 5.03. The van der Waals surface area contributed by atoms with Crippen molar-refractivity contribution in [2.45, 2.75) is 121 Å². The van der Waals surface area contributed by atoms with Crippen molar-refractivity contribution < 1.29 is 24.5 Å². The van der Waals surface area contributed by atoms with E-state index < -0.39 is 23.4 Å². The fourth-order valence-corrected chi connectivity index (χ4v) is 4.46. The first-order valence-corrected chi connectivity index (χ1v) is 11.3. The van der Waals surface area contributed by atoms with E-state index in [1.807, 2.05) is 0 Å². The molecule has 2 saturated carbocycles. The molecule has 0 spiro atoms. The summed E-state index contributed by atoms with van der Waals surface area (Å²) in [6.45, 7) is 5.24. The zero-order valence-corrected chi connectivity index (χ0v) is 18.4. The van der Waals surface area contributed by atoms with E-state index in [1.165, 1.54) is 64.2 Å². The Kier molecular flexibility index (Phi) is 8.76. The Morgan fingerprint density at radius 2 is 1.41 bits per heavy atom. The number of carbonyl (C=O) groups is 2. The number of carbonyl (C=O) groups excluding carboxylic acids is 1. The third kappa shape index (κ3) is 7.45. The lowest BCUT2D eigenvalue weighted by Gasteiger charge is -2.31. The molecule has 7 nitrogen and oxygen atoms in total. The second kappa shape index (κ2) is 10.6. The van der Waals surface area contributed by atoms with Crippen LogP contribution in [-0.4, -0.2) is 57.1 Å². The Bertz CT molecular complexity index is 520. The molecule has 1 amide bonds. The molecule has 1 unspecified atom stereocenters. The zero-order valence-electron chi connectivity index (χ0n) is 18.4. The van der Waals surface area contributed by atoms with E-state index >= 15 is 0 Å². The van der Waals surface area contributed by atoms with Gasteiger partial charge in [-0.2, -0.15) is 0 Å². The van der Waals surface area contributed by atoms with Gasteiger partial charge in [0.25, 0.3) is 0 Å². The van der Waals surface area contributed by atoms with Crippen LogP contribution in [0.5, 0.6) is 0 Å². The van der Waals surface area contributed by atoms with E-state index in [4.69, 9.17) is 9.84 Å². The largest absolute Gasteiger partial charge is 0.478 e. The van der Waals surface area contributed by atoms with E-state index in [0.717, 1.165) is 17.0 Å². The molecule has 0 bridgehead atoms. The quantitative estimate of drug-likeness (QED) is 0.647. The number of rotatable bonds is 3. The van der Waals surface area contributed by atoms with Crippen LogP contribution in [0.3, 0.4) is 0 Å². The third-order valence-electron chi connectivity index (χ3n) is 5.99. The molecule has 168 valence electrons. The van der Waals surface area contributed by atoms with E-state index in [9.17, 15) is 14.7 Å². The van der Waals surface area contributed by atoms with Crippen LogP contribution in [0.1, 0.15) is 97.8 Å². The normalized spacial score (nSPS) is 26.6. The Morgan fingerprint density at radius 3 is 1.83 bits per heavy atom. The van der Waals surface area contributed by atoms with Crippen molar-refractivity contribution in [2.75, 3.05) is 6.54 Å². The van der Waals surface area contributed by atoms with Gasteiger partial charge < -0.3 is 20.3 Å². The second-order valence-corrected chi connectivity index (χ2v) is 9.69. The number of carboxylic acid groups (broad SMARTS) is 1. The summed E-state index contributed by atoms with van der Waals surface area (Å²) in [6, 6.07) is 1.74. The monoisotopic (exact) mass is 412 g/mol. The predicted octanol–water partition coefficient (Wildman–Crippen LogP) is 4.03. The van der Waals surface area contributed by atoms with E-state index in [0.29, 0.717) is 6.42 Å². The first kappa shape index (κ1) is 23.9. The van der Waals surface area contributed by atoms with Gasteiger partial charge in [0, 0.05) is 25.0 Å². The number of aliphatic hydroxyl groups is 1. The topological polar surface area (TPSA) is 99.1 Å². The van der Waals surface area contributed by atoms with E-state index in [2.05, 4.69) is 5.32 Å². The molecule has 1 saturated heterocycles. The molecular formula is C22H40N2O5. The number of amides is 1. The van der Waals surface area contributed by atoms with Crippen LogP contribution in [-0.2, 0) is 9.53 Å². The van der Waals surface area contributed by atoms with Gasteiger partial charge in [-0.05, 0) is 52.9 Å². The van der Waals surface area contributed by atoms with Gasteiger partial charge in [0.05, 0.1) is 0 Å². The molecule has 3 N–H and O–H groups in total. The average molecular weight is 413 g/mol. The highest BCUT2D eigenvalue weighted by atomic mass is 16.6. The summed E-state index contributed by atoms with van der Waals surface area (Å²) in [6.07, 6.45) is 14.2. The van der Waals surface area contributed by atoms with Crippen molar-refractivity contribution in [3.05, 3.63) is 0 Å².